The van der Waals surface area contributed by atoms with E-state index < -0.39 is 17.5 Å². The lowest BCUT2D eigenvalue weighted by Gasteiger charge is -2.20. The third-order valence-corrected chi connectivity index (χ3v) is 3.44. The van der Waals surface area contributed by atoms with Crippen LogP contribution in [-0.2, 0) is 0 Å². The molecule has 0 saturated carbocycles. The Morgan fingerprint density at radius 2 is 1.83 bits per heavy atom. The first-order chi connectivity index (χ1) is 11.1. The third kappa shape index (κ3) is 2.88. The van der Waals surface area contributed by atoms with Crippen molar-refractivity contribution in [3.8, 4) is 0 Å². The Bertz CT molecular complexity index is 883. The molecule has 4 nitrogen and oxygen atoms in total. The van der Waals surface area contributed by atoms with E-state index in [2.05, 4.69) is 9.97 Å². The normalized spacial score (nSPS) is 10.7. The van der Waals surface area contributed by atoms with Gasteiger partial charge in [-0.05, 0) is 31.2 Å². The molecule has 23 heavy (non-hydrogen) atoms. The maximum atomic E-state index is 13.4. The fourth-order valence-electron chi connectivity index (χ4n) is 2.29. The quantitative estimate of drug-likeness (QED) is 0.742. The molecule has 3 rings (SSSR count). The minimum atomic E-state index is -1.00. The summed E-state index contributed by atoms with van der Waals surface area (Å²) < 4.78 is 26.5. The maximum Gasteiger partial charge on any atom is 0.278 e. The Morgan fingerprint density at radius 1 is 1.09 bits per heavy atom. The predicted molar refractivity (Wildman–Crippen MR) is 83.2 cm³/mol. The number of aromatic nitrogens is 2. The molecule has 0 aliphatic rings. The first-order valence-corrected chi connectivity index (χ1v) is 7.09. The van der Waals surface area contributed by atoms with Gasteiger partial charge in [-0.3, -0.25) is 9.78 Å². The zero-order chi connectivity index (χ0) is 16.4. The van der Waals surface area contributed by atoms with Crippen molar-refractivity contribution < 1.29 is 13.6 Å². The summed E-state index contributed by atoms with van der Waals surface area (Å²) in [5.74, 6) is -2.38. The Morgan fingerprint density at radius 3 is 2.52 bits per heavy atom. The molecule has 2 aromatic carbocycles. The van der Waals surface area contributed by atoms with Gasteiger partial charge >= 0.3 is 0 Å². The van der Waals surface area contributed by atoms with E-state index in [9.17, 15) is 13.6 Å². The number of rotatable bonds is 3. The van der Waals surface area contributed by atoms with Crippen molar-refractivity contribution in [1.82, 2.24) is 9.97 Å². The average Bonchev–Trinajstić information content (AvgIpc) is 2.58. The molecule has 1 amide bonds. The molecule has 0 fully saturated rings. The number of halogens is 2. The van der Waals surface area contributed by atoms with Crippen LogP contribution in [0.25, 0.3) is 11.0 Å². The van der Waals surface area contributed by atoms with Crippen LogP contribution in [0.1, 0.15) is 17.4 Å². The molecule has 3 aromatic rings. The van der Waals surface area contributed by atoms with Gasteiger partial charge in [0.15, 0.2) is 11.6 Å². The molecule has 1 aromatic heterocycles. The van der Waals surface area contributed by atoms with Crippen LogP contribution in [0.15, 0.2) is 48.7 Å². The molecule has 0 spiro atoms. The van der Waals surface area contributed by atoms with Crippen molar-refractivity contribution in [2.24, 2.45) is 0 Å². The van der Waals surface area contributed by atoms with Crippen LogP contribution in [0.2, 0.25) is 0 Å². The lowest BCUT2D eigenvalue weighted by atomic mass is 10.2. The molecule has 0 saturated heterocycles. The van der Waals surface area contributed by atoms with Crippen molar-refractivity contribution in [1.29, 1.82) is 0 Å². The number of nitrogens with zero attached hydrogens (tertiary/aromatic N) is 3. The maximum absolute atomic E-state index is 13.4. The van der Waals surface area contributed by atoms with E-state index in [1.54, 1.807) is 25.1 Å². The molecule has 0 unspecified atom stereocenters. The van der Waals surface area contributed by atoms with Crippen LogP contribution in [-0.4, -0.2) is 22.4 Å². The van der Waals surface area contributed by atoms with Crippen LogP contribution in [0.4, 0.5) is 14.5 Å². The number of hydrogen-bond donors (Lipinski definition) is 0. The fraction of sp³-hybridized carbons (Fsp3) is 0.118. The van der Waals surface area contributed by atoms with E-state index in [4.69, 9.17) is 0 Å². The van der Waals surface area contributed by atoms with E-state index in [0.717, 1.165) is 12.1 Å². The topological polar surface area (TPSA) is 46.1 Å². The summed E-state index contributed by atoms with van der Waals surface area (Å²) in [7, 11) is 0. The lowest BCUT2D eigenvalue weighted by molar-refractivity contribution is 0.0983. The third-order valence-electron chi connectivity index (χ3n) is 3.44. The number of benzene rings is 2. The number of fused-ring (bicyclic) bond motifs is 1. The van der Waals surface area contributed by atoms with Gasteiger partial charge in [-0.15, -0.1) is 0 Å². The Balaban J connectivity index is 1.99. The van der Waals surface area contributed by atoms with Gasteiger partial charge in [0.25, 0.3) is 5.91 Å². The summed E-state index contributed by atoms with van der Waals surface area (Å²) in [5.41, 5.74) is 1.70. The Hall–Kier alpha value is -2.89. The zero-order valence-corrected chi connectivity index (χ0v) is 12.3. The van der Waals surface area contributed by atoms with Crippen molar-refractivity contribution in [3.63, 3.8) is 0 Å². The van der Waals surface area contributed by atoms with E-state index in [0.29, 0.717) is 17.6 Å². The van der Waals surface area contributed by atoms with E-state index in [1.165, 1.54) is 17.2 Å². The summed E-state index contributed by atoms with van der Waals surface area (Å²) in [6, 6.07) is 10.5. The number of amides is 1. The second kappa shape index (κ2) is 6.08. The predicted octanol–water partition coefficient (Wildman–Crippen LogP) is 3.57. The Labute approximate surface area is 131 Å². The van der Waals surface area contributed by atoms with Gasteiger partial charge in [0.1, 0.15) is 5.69 Å². The second-order valence-corrected chi connectivity index (χ2v) is 4.89. The molecule has 0 radical (unpaired) electrons. The number of anilines is 1. The minimum Gasteiger partial charge on any atom is -0.307 e. The van der Waals surface area contributed by atoms with Gasteiger partial charge in [0.05, 0.1) is 17.2 Å². The molecular formula is C17H13F2N3O. The number of hydrogen-bond acceptors (Lipinski definition) is 3. The molecule has 0 atom stereocenters. The lowest BCUT2D eigenvalue weighted by Crippen LogP contribution is -2.31. The molecule has 1 heterocycles. The molecule has 0 aliphatic carbocycles. The summed E-state index contributed by atoms with van der Waals surface area (Å²) in [6.07, 6.45) is 1.38. The number of carbonyl (C=O) groups excluding carboxylic acids is 1. The van der Waals surface area contributed by atoms with Gasteiger partial charge < -0.3 is 4.90 Å². The molecule has 116 valence electrons. The molecule has 0 bridgehead atoms. The van der Waals surface area contributed by atoms with Crippen molar-refractivity contribution >= 4 is 22.6 Å². The van der Waals surface area contributed by atoms with E-state index in [1.807, 2.05) is 6.07 Å². The van der Waals surface area contributed by atoms with Crippen LogP contribution >= 0.6 is 0 Å². The van der Waals surface area contributed by atoms with Gasteiger partial charge in [-0.25, -0.2) is 13.8 Å². The monoisotopic (exact) mass is 313 g/mol. The van der Waals surface area contributed by atoms with Crippen molar-refractivity contribution in [2.75, 3.05) is 11.4 Å². The minimum absolute atomic E-state index is 0.148. The molecular weight excluding hydrogens is 300 g/mol. The van der Waals surface area contributed by atoms with E-state index >= 15 is 0 Å². The highest BCUT2D eigenvalue weighted by Gasteiger charge is 2.19. The van der Waals surface area contributed by atoms with Crippen LogP contribution in [0, 0.1) is 11.6 Å². The first-order valence-electron chi connectivity index (χ1n) is 7.09. The highest BCUT2D eigenvalue weighted by atomic mass is 19.2. The van der Waals surface area contributed by atoms with E-state index in [-0.39, 0.29) is 11.4 Å². The molecule has 6 heteroatoms. The number of carbonyl (C=O) groups is 1. The smallest absolute Gasteiger partial charge is 0.278 e. The van der Waals surface area contributed by atoms with Gasteiger partial charge in [0, 0.05) is 18.3 Å². The van der Waals surface area contributed by atoms with Crippen molar-refractivity contribution in [3.05, 3.63) is 66.0 Å². The standard InChI is InChI=1S/C17H13F2N3O/c1-2-22(11-7-8-12(18)13(19)9-11)17(23)16-10-20-14-5-3-4-6-15(14)21-16/h3-10H,2H2,1H3. The van der Waals surface area contributed by atoms with Gasteiger partial charge in [0.2, 0.25) is 0 Å². The molecule has 0 N–H and O–H groups in total. The van der Waals surface area contributed by atoms with Crippen molar-refractivity contribution in [2.45, 2.75) is 6.92 Å². The van der Waals surface area contributed by atoms with Crippen LogP contribution in [0.5, 0.6) is 0 Å². The van der Waals surface area contributed by atoms with Crippen LogP contribution in [0.3, 0.4) is 0 Å². The highest BCUT2D eigenvalue weighted by Crippen LogP contribution is 2.20. The van der Waals surface area contributed by atoms with Gasteiger partial charge in [-0.2, -0.15) is 0 Å². The van der Waals surface area contributed by atoms with Crippen LogP contribution < -0.4 is 4.90 Å². The number of para-hydroxylation sites is 2. The summed E-state index contributed by atoms with van der Waals surface area (Å²) in [5, 5.41) is 0. The summed E-state index contributed by atoms with van der Waals surface area (Å²) >= 11 is 0. The second-order valence-electron chi connectivity index (χ2n) is 4.89. The Kier molecular flexibility index (Phi) is 3.97. The SMILES string of the molecule is CCN(C(=O)c1cnc2ccccc2n1)c1ccc(F)c(F)c1. The molecule has 0 aliphatic heterocycles. The highest BCUT2D eigenvalue weighted by molar-refractivity contribution is 6.05. The summed E-state index contributed by atoms with van der Waals surface area (Å²) in [6.45, 7) is 2.03. The first kappa shape index (κ1) is 15.0. The zero-order valence-electron chi connectivity index (χ0n) is 12.3. The average molecular weight is 313 g/mol. The van der Waals surface area contributed by atoms with Gasteiger partial charge in [-0.1, -0.05) is 12.1 Å². The largest absolute Gasteiger partial charge is 0.307 e. The summed E-state index contributed by atoms with van der Waals surface area (Å²) in [4.78, 5) is 22.4. The fourth-order valence-corrected chi connectivity index (χ4v) is 2.29.